The van der Waals surface area contributed by atoms with E-state index in [-0.39, 0.29) is 31.2 Å². The first kappa shape index (κ1) is 31.2. The summed E-state index contributed by atoms with van der Waals surface area (Å²) in [5, 5.41) is 9.98. The van der Waals surface area contributed by atoms with Gasteiger partial charge < -0.3 is 24.2 Å². The van der Waals surface area contributed by atoms with Crippen LogP contribution in [0.25, 0.3) is 0 Å². The fourth-order valence-electron chi connectivity index (χ4n) is 5.00. The number of aliphatic carboxylic acids is 1. The zero-order chi connectivity index (χ0) is 26.8. The Morgan fingerprint density at radius 2 is 1.66 bits per heavy atom. The van der Waals surface area contributed by atoms with Gasteiger partial charge in [0.15, 0.2) is 11.5 Å². The zero-order valence-electron chi connectivity index (χ0n) is 22.8. The number of carbonyl (C=O) groups excluding carboxylic acids is 1. The number of carboxylic acids is 1. The standard InChI is InChI=1S/C20H21NO5.C9H19NO.ClH/c1-21-10-15(13-5-8-16-17(9-13)26-11-25-16)18(20(22)23)19(21)12-3-6-14(24-2)7-4-12;1-3-5-7-10(9-11)8-6-4-2;/h3-9,15,18-19H,10-11H2,1-2H3,(H,22,23);9H,3-8H2,1-2H3;1H/t15-,18-,19+;;/m1../s1. The second-order valence-electron chi connectivity index (χ2n) is 9.59. The molecule has 2 aliphatic rings. The second kappa shape index (κ2) is 15.4. The van der Waals surface area contributed by atoms with Crippen LogP contribution in [-0.2, 0) is 9.59 Å². The van der Waals surface area contributed by atoms with Gasteiger partial charge in [0, 0.05) is 31.6 Å². The summed E-state index contributed by atoms with van der Waals surface area (Å²) in [6.07, 6.45) is 5.54. The van der Waals surface area contributed by atoms with Crippen LogP contribution in [0.2, 0.25) is 0 Å². The Labute approximate surface area is 232 Å². The summed E-state index contributed by atoms with van der Waals surface area (Å²) < 4.78 is 16.0. The third kappa shape index (κ3) is 7.77. The van der Waals surface area contributed by atoms with E-state index in [2.05, 4.69) is 18.7 Å². The van der Waals surface area contributed by atoms with E-state index in [9.17, 15) is 14.7 Å². The number of carbonyl (C=O) groups is 2. The smallest absolute Gasteiger partial charge is 0.309 e. The number of fused-ring (bicyclic) bond motifs is 1. The summed E-state index contributed by atoms with van der Waals surface area (Å²) in [4.78, 5) is 26.6. The number of unbranched alkanes of at least 4 members (excludes halogenated alkanes) is 2. The van der Waals surface area contributed by atoms with Gasteiger partial charge in [-0.05, 0) is 55.3 Å². The number of hydrogen-bond acceptors (Lipinski definition) is 6. The molecule has 4 rings (SSSR count). The van der Waals surface area contributed by atoms with E-state index in [1.165, 1.54) is 0 Å². The highest BCUT2D eigenvalue weighted by Gasteiger charge is 2.46. The van der Waals surface area contributed by atoms with E-state index in [0.717, 1.165) is 62.1 Å². The lowest BCUT2D eigenvalue weighted by molar-refractivity contribution is -0.143. The lowest BCUT2D eigenvalue weighted by Crippen LogP contribution is -2.26. The molecule has 0 saturated carbocycles. The Morgan fingerprint density at radius 3 is 2.21 bits per heavy atom. The molecule has 2 aromatic carbocycles. The summed E-state index contributed by atoms with van der Waals surface area (Å²) in [7, 11) is 3.59. The molecule has 2 heterocycles. The number of ether oxygens (including phenoxy) is 3. The van der Waals surface area contributed by atoms with Gasteiger partial charge in [-0.25, -0.2) is 0 Å². The number of nitrogens with zero attached hydrogens (tertiary/aromatic N) is 2. The number of hydrogen-bond donors (Lipinski definition) is 1. The molecule has 0 spiro atoms. The van der Waals surface area contributed by atoms with Crippen molar-refractivity contribution < 1.29 is 28.9 Å². The molecule has 1 amide bonds. The number of amides is 1. The van der Waals surface area contributed by atoms with Crippen LogP contribution in [0, 0.1) is 5.92 Å². The largest absolute Gasteiger partial charge is 0.497 e. The number of likely N-dealkylation sites (tertiary alicyclic amines) is 1. The van der Waals surface area contributed by atoms with E-state index in [0.29, 0.717) is 18.0 Å². The first-order valence-electron chi connectivity index (χ1n) is 13.1. The molecule has 9 heteroatoms. The summed E-state index contributed by atoms with van der Waals surface area (Å²) >= 11 is 0. The van der Waals surface area contributed by atoms with Crippen LogP contribution in [0.5, 0.6) is 17.2 Å². The van der Waals surface area contributed by atoms with Crippen molar-refractivity contribution in [2.75, 3.05) is 40.6 Å². The maximum absolute atomic E-state index is 12.2. The van der Waals surface area contributed by atoms with Gasteiger partial charge in [-0.1, -0.05) is 44.9 Å². The van der Waals surface area contributed by atoms with E-state index < -0.39 is 11.9 Å². The van der Waals surface area contributed by atoms with Crippen LogP contribution < -0.4 is 14.2 Å². The number of benzene rings is 2. The first-order valence-corrected chi connectivity index (χ1v) is 13.1. The van der Waals surface area contributed by atoms with E-state index >= 15 is 0 Å². The quantitative estimate of drug-likeness (QED) is 0.378. The van der Waals surface area contributed by atoms with Gasteiger partial charge in [0.25, 0.3) is 0 Å². The van der Waals surface area contributed by atoms with Gasteiger partial charge in [0.2, 0.25) is 13.2 Å². The molecule has 1 N–H and O–H groups in total. The Hall–Kier alpha value is -2.97. The predicted octanol–water partition coefficient (Wildman–Crippen LogP) is 5.36. The summed E-state index contributed by atoms with van der Waals surface area (Å²) in [6.45, 7) is 7.01. The first-order chi connectivity index (χ1) is 17.9. The van der Waals surface area contributed by atoms with Crippen molar-refractivity contribution >= 4 is 24.8 Å². The fourth-order valence-corrected chi connectivity index (χ4v) is 5.00. The molecule has 0 bridgehead atoms. The van der Waals surface area contributed by atoms with Gasteiger partial charge in [-0.15, -0.1) is 12.4 Å². The highest BCUT2D eigenvalue weighted by Crippen LogP contribution is 2.47. The lowest BCUT2D eigenvalue weighted by atomic mass is 9.83. The lowest BCUT2D eigenvalue weighted by Gasteiger charge is -2.24. The summed E-state index contributed by atoms with van der Waals surface area (Å²) in [5.74, 6) is 0.681. The Bertz CT molecular complexity index is 1010. The highest BCUT2D eigenvalue weighted by molar-refractivity contribution is 5.85. The molecule has 0 radical (unpaired) electrons. The van der Waals surface area contributed by atoms with Crippen molar-refractivity contribution in [3.05, 3.63) is 53.6 Å². The second-order valence-corrected chi connectivity index (χ2v) is 9.59. The average molecular weight is 549 g/mol. The van der Waals surface area contributed by atoms with Crippen LogP contribution in [-0.4, -0.2) is 67.9 Å². The molecule has 2 aliphatic heterocycles. The number of likely N-dealkylation sites (N-methyl/N-ethyl adjacent to an activating group) is 1. The molecule has 0 aliphatic carbocycles. The number of halogens is 1. The fraction of sp³-hybridized carbons (Fsp3) is 0.517. The molecular formula is C29H41ClN2O6. The van der Waals surface area contributed by atoms with Crippen molar-refractivity contribution in [2.24, 2.45) is 5.92 Å². The SMILES string of the molecule is CCCCN(C=O)CCCC.COc1ccc([C@H]2[C@H](C(=O)O)[C@@H](c3ccc4c(c3)OCO4)CN2C)cc1.Cl. The topological polar surface area (TPSA) is 88.5 Å². The van der Waals surface area contributed by atoms with Crippen molar-refractivity contribution in [2.45, 2.75) is 51.5 Å². The van der Waals surface area contributed by atoms with E-state index in [1.54, 1.807) is 7.11 Å². The molecule has 38 heavy (non-hydrogen) atoms. The molecule has 210 valence electrons. The van der Waals surface area contributed by atoms with Gasteiger partial charge >= 0.3 is 5.97 Å². The van der Waals surface area contributed by atoms with Gasteiger partial charge in [0.1, 0.15) is 5.75 Å². The molecule has 1 saturated heterocycles. The minimum Gasteiger partial charge on any atom is -0.497 e. The third-order valence-corrected chi connectivity index (χ3v) is 7.05. The zero-order valence-corrected chi connectivity index (χ0v) is 23.6. The van der Waals surface area contributed by atoms with E-state index in [4.69, 9.17) is 14.2 Å². The number of methoxy groups -OCH3 is 1. The van der Waals surface area contributed by atoms with Crippen LogP contribution in [0.15, 0.2) is 42.5 Å². The van der Waals surface area contributed by atoms with Crippen molar-refractivity contribution in [3.63, 3.8) is 0 Å². The Kier molecular flexibility index (Phi) is 12.7. The molecule has 2 aromatic rings. The maximum Gasteiger partial charge on any atom is 0.309 e. The van der Waals surface area contributed by atoms with Gasteiger partial charge in [-0.2, -0.15) is 0 Å². The monoisotopic (exact) mass is 548 g/mol. The van der Waals surface area contributed by atoms with Crippen molar-refractivity contribution in [1.29, 1.82) is 0 Å². The molecule has 8 nitrogen and oxygen atoms in total. The van der Waals surface area contributed by atoms with Crippen LogP contribution in [0.1, 0.15) is 62.6 Å². The molecular weight excluding hydrogens is 508 g/mol. The summed E-state index contributed by atoms with van der Waals surface area (Å²) in [5.41, 5.74) is 1.94. The van der Waals surface area contributed by atoms with E-state index in [1.807, 2.05) is 54.4 Å². The summed E-state index contributed by atoms with van der Waals surface area (Å²) in [6, 6.07) is 13.1. The molecule has 0 aromatic heterocycles. The Morgan fingerprint density at radius 1 is 1.05 bits per heavy atom. The van der Waals surface area contributed by atoms with Gasteiger partial charge in [-0.3, -0.25) is 14.5 Å². The van der Waals surface area contributed by atoms with Crippen LogP contribution in [0.3, 0.4) is 0 Å². The minimum absolute atomic E-state index is 0. The average Bonchev–Trinajstić information content (AvgIpc) is 3.53. The third-order valence-electron chi connectivity index (χ3n) is 7.05. The minimum atomic E-state index is -0.794. The molecule has 3 atom stereocenters. The van der Waals surface area contributed by atoms with Crippen LogP contribution in [0.4, 0.5) is 0 Å². The van der Waals surface area contributed by atoms with Crippen molar-refractivity contribution in [1.82, 2.24) is 9.80 Å². The highest BCUT2D eigenvalue weighted by atomic mass is 35.5. The molecule has 0 unspecified atom stereocenters. The number of carboxylic acid groups (broad SMARTS) is 1. The maximum atomic E-state index is 12.2. The van der Waals surface area contributed by atoms with Crippen molar-refractivity contribution in [3.8, 4) is 17.2 Å². The molecule has 1 fully saturated rings. The Balaban J connectivity index is 0.000000362. The van der Waals surface area contributed by atoms with Gasteiger partial charge in [0.05, 0.1) is 13.0 Å². The predicted molar refractivity (Wildman–Crippen MR) is 149 cm³/mol. The number of rotatable bonds is 11. The van der Waals surface area contributed by atoms with Crippen LogP contribution >= 0.6 is 12.4 Å². The normalized spacial score (nSPS) is 19.6.